The summed E-state index contributed by atoms with van der Waals surface area (Å²) in [4.78, 5) is 37.9. The van der Waals surface area contributed by atoms with E-state index in [1.54, 1.807) is 30.3 Å². The Morgan fingerprint density at radius 2 is 1.59 bits per heavy atom. The number of hydrogen-bond donors (Lipinski definition) is 3. The summed E-state index contributed by atoms with van der Waals surface area (Å²) in [6.07, 6.45) is 0.266. The van der Waals surface area contributed by atoms with E-state index in [1.165, 1.54) is 12.1 Å². The van der Waals surface area contributed by atoms with Gasteiger partial charge in [0.15, 0.2) is 5.11 Å². The average Bonchev–Trinajstić information content (AvgIpc) is 2.90. The molecule has 10 nitrogen and oxygen atoms in total. The Kier molecular flexibility index (Phi) is 8.39. The highest BCUT2D eigenvalue weighted by atomic mass is 32.1. The molecule has 3 N–H and O–H groups in total. The summed E-state index contributed by atoms with van der Waals surface area (Å²) in [7, 11) is 0. The zero-order chi connectivity index (χ0) is 26.2. The maximum atomic E-state index is 12.7. The number of thiocarbonyl (C=S) groups is 1. The van der Waals surface area contributed by atoms with Crippen molar-refractivity contribution >= 4 is 51.9 Å². The first-order chi connectivity index (χ1) is 17.9. The minimum atomic E-state index is -0.570. The maximum absolute atomic E-state index is 12.7. The van der Waals surface area contributed by atoms with E-state index in [4.69, 9.17) is 17.0 Å². The van der Waals surface area contributed by atoms with Crippen LogP contribution in [0.5, 0.6) is 0 Å². The molecule has 1 saturated heterocycles. The van der Waals surface area contributed by atoms with Gasteiger partial charge in [-0.05, 0) is 54.2 Å². The molecule has 1 fully saturated rings. The van der Waals surface area contributed by atoms with Crippen LogP contribution in [0.15, 0.2) is 72.8 Å². The summed E-state index contributed by atoms with van der Waals surface area (Å²) >= 11 is 5.23. The minimum Gasteiger partial charge on any atom is -0.378 e. The Hall–Kier alpha value is -4.35. The molecule has 3 aromatic rings. The van der Waals surface area contributed by atoms with Gasteiger partial charge in [-0.2, -0.15) is 0 Å². The van der Waals surface area contributed by atoms with Crippen LogP contribution in [-0.2, 0) is 16.0 Å². The number of carbonyl (C=O) groups excluding carboxylic acids is 2. The molecule has 3 aromatic carbocycles. The number of nitrogens with zero attached hydrogens (tertiary/aromatic N) is 2. The van der Waals surface area contributed by atoms with Gasteiger partial charge in [-0.1, -0.05) is 30.3 Å². The van der Waals surface area contributed by atoms with Gasteiger partial charge in [0.2, 0.25) is 5.91 Å². The predicted octanol–water partition coefficient (Wildman–Crippen LogP) is 3.74. The molecule has 0 radical (unpaired) electrons. The number of rotatable bonds is 7. The van der Waals surface area contributed by atoms with Gasteiger partial charge in [0.1, 0.15) is 5.69 Å². The lowest BCUT2D eigenvalue weighted by atomic mass is 10.1. The average molecular weight is 520 g/mol. The number of benzene rings is 3. The second kappa shape index (κ2) is 12.1. The number of ether oxygens (including phenoxy) is 1. The summed E-state index contributed by atoms with van der Waals surface area (Å²) in [6, 6.07) is 20.6. The Morgan fingerprint density at radius 1 is 0.946 bits per heavy atom. The highest BCUT2D eigenvalue weighted by molar-refractivity contribution is 7.80. The Morgan fingerprint density at radius 3 is 2.24 bits per heavy atom. The topological polar surface area (TPSA) is 126 Å². The quantitative estimate of drug-likeness (QED) is 0.245. The fourth-order valence-electron chi connectivity index (χ4n) is 3.84. The third-order valence-electron chi connectivity index (χ3n) is 5.65. The molecule has 37 heavy (non-hydrogen) atoms. The van der Waals surface area contributed by atoms with Crippen molar-refractivity contribution in [3.8, 4) is 0 Å². The monoisotopic (exact) mass is 519 g/mol. The summed E-state index contributed by atoms with van der Waals surface area (Å²) in [6.45, 7) is 2.05. The molecular formula is C26H25N5O5S. The van der Waals surface area contributed by atoms with Gasteiger partial charge in [-0.3, -0.25) is 25.0 Å². The summed E-state index contributed by atoms with van der Waals surface area (Å²) in [5.74, 6) is -0.706. The molecule has 190 valence electrons. The van der Waals surface area contributed by atoms with Gasteiger partial charge in [0.25, 0.3) is 11.6 Å². The van der Waals surface area contributed by atoms with Crippen molar-refractivity contribution in [1.29, 1.82) is 0 Å². The van der Waals surface area contributed by atoms with E-state index in [2.05, 4.69) is 16.0 Å². The normalized spacial score (nSPS) is 12.9. The van der Waals surface area contributed by atoms with Crippen LogP contribution in [0.3, 0.4) is 0 Å². The third kappa shape index (κ3) is 7.09. The largest absolute Gasteiger partial charge is 0.378 e. The second-order valence-corrected chi connectivity index (χ2v) is 8.66. The molecule has 1 aliphatic rings. The molecular weight excluding hydrogens is 494 g/mol. The number of hydrogen-bond acceptors (Lipinski definition) is 7. The zero-order valence-corrected chi connectivity index (χ0v) is 20.6. The highest BCUT2D eigenvalue weighted by Crippen LogP contribution is 2.30. The molecule has 0 atom stereocenters. The number of morpholine rings is 1. The number of amides is 2. The Bertz CT molecular complexity index is 1290. The minimum absolute atomic E-state index is 0.0331. The fraction of sp³-hybridized carbons (Fsp3) is 0.192. The summed E-state index contributed by atoms with van der Waals surface area (Å²) < 4.78 is 5.31. The van der Waals surface area contributed by atoms with Gasteiger partial charge in [-0.15, -0.1) is 0 Å². The standard InChI is InChI=1S/C26H25N5O5S/c32-24(16-18-4-2-1-3-5-18)27-20-7-9-21(10-8-20)28-26(37)29-25(33)19-6-11-22(23(17-19)31(34)35)30-12-14-36-15-13-30/h1-11,17H,12-16H2,(H,27,32)(H2,28,29,33,37). The van der Waals surface area contributed by atoms with Gasteiger partial charge in [-0.25, -0.2) is 0 Å². The van der Waals surface area contributed by atoms with Crippen molar-refractivity contribution in [2.24, 2.45) is 0 Å². The van der Waals surface area contributed by atoms with Crippen LogP contribution >= 0.6 is 12.2 Å². The van der Waals surface area contributed by atoms with Gasteiger partial charge in [0.05, 0.1) is 24.6 Å². The van der Waals surface area contributed by atoms with Crippen LogP contribution in [0.1, 0.15) is 15.9 Å². The first kappa shape index (κ1) is 25.7. The molecule has 11 heteroatoms. The number of anilines is 3. The van der Waals surface area contributed by atoms with Gasteiger partial charge < -0.3 is 20.3 Å². The Labute approximate surface area is 218 Å². The van der Waals surface area contributed by atoms with Crippen LogP contribution in [-0.4, -0.2) is 48.2 Å². The Balaban J connectivity index is 1.33. The van der Waals surface area contributed by atoms with E-state index in [0.717, 1.165) is 5.56 Å². The van der Waals surface area contributed by atoms with E-state index in [1.807, 2.05) is 35.2 Å². The van der Waals surface area contributed by atoms with Crippen LogP contribution in [0.4, 0.5) is 22.7 Å². The van der Waals surface area contributed by atoms with Crippen LogP contribution in [0.25, 0.3) is 0 Å². The van der Waals surface area contributed by atoms with Crippen LogP contribution in [0, 0.1) is 10.1 Å². The summed E-state index contributed by atoms with van der Waals surface area (Å²) in [5, 5.41) is 19.9. The fourth-order valence-corrected chi connectivity index (χ4v) is 4.05. The third-order valence-corrected chi connectivity index (χ3v) is 5.85. The molecule has 0 bridgehead atoms. The molecule has 1 aliphatic heterocycles. The van der Waals surface area contributed by atoms with Crippen molar-refractivity contribution in [3.05, 3.63) is 94.0 Å². The van der Waals surface area contributed by atoms with Crippen LogP contribution < -0.4 is 20.9 Å². The molecule has 0 spiro atoms. The highest BCUT2D eigenvalue weighted by Gasteiger charge is 2.23. The lowest BCUT2D eigenvalue weighted by Crippen LogP contribution is -2.37. The van der Waals surface area contributed by atoms with Gasteiger partial charge in [0, 0.05) is 36.1 Å². The van der Waals surface area contributed by atoms with Crippen molar-refractivity contribution in [1.82, 2.24) is 5.32 Å². The SMILES string of the molecule is O=C(Cc1ccccc1)Nc1ccc(NC(=S)NC(=O)c2ccc(N3CCOCC3)c([N+](=O)[O-])c2)cc1. The molecule has 4 rings (SSSR count). The number of carbonyl (C=O) groups is 2. The second-order valence-electron chi connectivity index (χ2n) is 8.26. The molecule has 0 aromatic heterocycles. The van der Waals surface area contributed by atoms with Crippen molar-refractivity contribution in [2.75, 3.05) is 41.8 Å². The van der Waals surface area contributed by atoms with Crippen molar-refractivity contribution in [2.45, 2.75) is 6.42 Å². The lowest BCUT2D eigenvalue weighted by Gasteiger charge is -2.28. The molecule has 0 unspecified atom stereocenters. The van der Waals surface area contributed by atoms with E-state index in [0.29, 0.717) is 43.4 Å². The van der Waals surface area contributed by atoms with E-state index < -0.39 is 10.8 Å². The zero-order valence-electron chi connectivity index (χ0n) is 19.8. The lowest BCUT2D eigenvalue weighted by molar-refractivity contribution is -0.384. The first-order valence-electron chi connectivity index (χ1n) is 11.6. The van der Waals surface area contributed by atoms with E-state index in [9.17, 15) is 19.7 Å². The smallest absolute Gasteiger partial charge is 0.293 e. The van der Waals surface area contributed by atoms with Crippen LogP contribution in [0.2, 0.25) is 0 Å². The molecule has 2 amide bonds. The molecule has 1 heterocycles. The maximum Gasteiger partial charge on any atom is 0.293 e. The number of nitrogens with one attached hydrogen (secondary N) is 3. The number of nitro groups is 1. The van der Waals surface area contributed by atoms with E-state index in [-0.39, 0.29) is 28.7 Å². The molecule has 0 aliphatic carbocycles. The molecule has 0 saturated carbocycles. The first-order valence-corrected chi connectivity index (χ1v) is 12.0. The van der Waals surface area contributed by atoms with E-state index >= 15 is 0 Å². The van der Waals surface area contributed by atoms with Gasteiger partial charge >= 0.3 is 0 Å². The number of nitro benzene ring substituents is 1. The summed E-state index contributed by atoms with van der Waals surface area (Å²) in [5.41, 5.74) is 2.54. The predicted molar refractivity (Wildman–Crippen MR) is 145 cm³/mol. The van der Waals surface area contributed by atoms with Crippen molar-refractivity contribution in [3.63, 3.8) is 0 Å². The van der Waals surface area contributed by atoms with Crippen molar-refractivity contribution < 1.29 is 19.2 Å².